The van der Waals surface area contributed by atoms with Gasteiger partial charge in [0.1, 0.15) is 5.54 Å². The topological polar surface area (TPSA) is 35.8 Å². The minimum Gasteiger partial charge on any atom is -0.303 e. The molecule has 1 atom stereocenters. The Morgan fingerprint density at radius 1 is 1.27 bits per heavy atom. The fourth-order valence-corrected chi connectivity index (χ4v) is 2.28. The van der Waals surface area contributed by atoms with Crippen LogP contribution in [0.4, 0.5) is 0 Å². The number of unbranched alkanes of at least 4 members (excludes halogenated alkanes) is 2. The van der Waals surface area contributed by atoms with E-state index in [-0.39, 0.29) is 5.54 Å². The van der Waals surface area contributed by atoms with E-state index in [0.717, 1.165) is 12.8 Å². The van der Waals surface area contributed by atoms with Crippen LogP contribution < -0.4 is 5.32 Å². The first kappa shape index (κ1) is 14.8. The summed E-state index contributed by atoms with van der Waals surface area (Å²) >= 11 is 2.02. The van der Waals surface area contributed by atoms with Gasteiger partial charge in [0.25, 0.3) is 0 Å². The summed E-state index contributed by atoms with van der Waals surface area (Å²) in [5.74, 6) is 2.46. The van der Waals surface area contributed by atoms with E-state index in [4.69, 9.17) is 5.26 Å². The lowest BCUT2D eigenvalue weighted by Gasteiger charge is -2.20. The molecule has 0 aliphatic carbocycles. The third kappa shape index (κ3) is 7.70. The molecule has 0 aromatic heterocycles. The zero-order valence-electron chi connectivity index (χ0n) is 10.3. The Kier molecular flexibility index (Phi) is 8.94. The van der Waals surface area contributed by atoms with E-state index in [1.54, 1.807) is 0 Å². The van der Waals surface area contributed by atoms with Crippen molar-refractivity contribution >= 4 is 11.8 Å². The van der Waals surface area contributed by atoms with E-state index in [1.165, 1.54) is 30.8 Å². The molecule has 0 radical (unpaired) electrons. The third-order valence-corrected chi connectivity index (χ3v) is 3.81. The average molecular weight is 228 g/mol. The summed E-state index contributed by atoms with van der Waals surface area (Å²) in [4.78, 5) is 0. The first-order chi connectivity index (χ1) is 7.18. The zero-order valence-corrected chi connectivity index (χ0v) is 11.1. The highest BCUT2D eigenvalue weighted by Crippen LogP contribution is 2.14. The second kappa shape index (κ2) is 9.06. The molecule has 1 unspecified atom stereocenters. The Bertz CT molecular complexity index is 189. The van der Waals surface area contributed by atoms with E-state index < -0.39 is 0 Å². The molecule has 0 rings (SSSR count). The fourth-order valence-electron chi connectivity index (χ4n) is 1.32. The molecule has 0 saturated carbocycles. The maximum Gasteiger partial charge on any atom is 0.103 e. The largest absolute Gasteiger partial charge is 0.303 e. The molecule has 0 fully saturated rings. The Hall–Kier alpha value is -0.200. The smallest absolute Gasteiger partial charge is 0.103 e. The Labute approximate surface area is 98.8 Å². The monoisotopic (exact) mass is 228 g/mol. The second-order valence-electron chi connectivity index (χ2n) is 4.12. The molecule has 0 heterocycles. The van der Waals surface area contributed by atoms with E-state index in [9.17, 15) is 0 Å². The lowest BCUT2D eigenvalue weighted by Crippen LogP contribution is -2.37. The lowest BCUT2D eigenvalue weighted by atomic mass is 9.99. The van der Waals surface area contributed by atoms with Crippen molar-refractivity contribution in [2.75, 3.05) is 18.6 Å². The number of nitrogens with zero attached hydrogens (tertiary/aromatic N) is 1. The van der Waals surface area contributed by atoms with Gasteiger partial charge in [-0.1, -0.05) is 19.8 Å². The lowest BCUT2D eigenvalue weighted by molar-refractivity contribution is 0.451. The van der Waals surface area contributed by atoms with Crippen molar-refractivity contribution in [2.24, 2.45) is 0 Å². The average Bonchev–Trinajstić information content (AvgIpc) is 2.27. The van der Waals surface area contributed by atoms with Gasteiger partial charge in [-0.15, -0.1) is 0 Å². The SMILES string of the molecule is CCCCCSCCCC(C)(C#N)NC. The first-order valence-electron chi connectivity index (χ1n) is 5.86. The highest BCUT2D eigenvalue weighted by Gasteiger charge is 2.19. The van der Waals surface area contributed by atoms with E-state index in [2.05, 4.69) is 18.3 Å². The van der Waals surface area contributed by atoms with E-state index in [1.807, 2.05) is 25.7 Å². The molecule has 88 valence electrons. The van der Waals surface area contributed by atoms with Gasteiger partial charge in [0.05, 0.1) is 6.07 Å². The van der Waals surface area contributed by atoms with Crippen LogP contribution in [0.15, 0.2) is 0 Å². The van der Waals surface area contributed by atoms with Crippen molar-refractivity contribution in [3.05, 3.63) is 0 Å². The molecular weight excluding hydrogens is 204 g/mol. The van der Waals surface area contributed by atoms with Crippen LogP contribution >= 0.6 is 11.8 Å². The third-order valence-electron chi connectivity index (χ3n) is 2.66. The Balaban J connectivity index is 3.35. The van der Waals surface area contributed by atoms with Gasteiger partial charge in [0.2, 0.25) is 0 Å². The van der Waals surface area contributed by atoms with Crippen molar-refractivity contribution in [3.63, 3.8) is 0 Å². The zero-order chi connectivity index (χ0) is 11.6. The summed E-state index contributed by atoms with van der Waals surface area (Å²) in [5.41, 5.74) is -0.329. The van der Waals surface area contributed by atoms with Crippen LogP contribution in [0.25, 0.3) is 0 Å². The Morgan fingerprint density at radius 3 is 2.47 bits per heavy atom. The summed E-state index contributed by atoms with van der Waals surface area (Å²) in [6.45, 7) is 4.20. The van der Waals surface area contributed by atoms with Crippen LogP contribution in [-0.4, -0.2) is 24.1 Å². The predicted octanol–water partition coefficient (Wildman–Crippen LogP) is 3.19. The molecule has 0 aromatic carbocycles. The number of hydrogen-bond donors (Lipinski definition) is 1. The molecular formula is C12H24N2S. The van der Waals surface area contributed by atoms with Crippen molar-refractivity contribution in [3.8, 4) is 6.07 Å². The molecule has 15 heavy (non-hydrogen) atoms. The molecule has 0 bridgehead atoms. The minimum absolute atomic E-state index is 0.329. The van der Waals surface area contributed by atoms with Gasteiger partial charge in [0.15, 0.2) is 0 Å². The van der Waals surface area contributed by atoms with E-state index >= 15 is 0 Å². The molecule has 0 aromatic rings. The van der Waals surface area contributed by atoms with Crippen molar-refractivity contribution in [1.82, 2.24) is 5.32 Å². The maximum atomic E-state index is 8.94. The van der Waals surface area contributed by atoms with Gasteiger partial charge in [-0.25, -0.2) is 0 Å². The van der Waals surface area contributed by atoms with Gasteiger partial charge in [-0.2, -0.15) is 17.0 Å². The van der Waals surface area contributed by atoms with Crippen molar-refractivity contribution < 1.29 is 0 Å². The summed E-state index contributed by atoms with van der Waals surface area (Å²) in [6.07, 6.45) is 6.05. The maximum absolute atomic E-state index is 8.94. The summed E-state index contributed by atoms with van der Waals surface area (Å²) in [7, 11) is 1.86. The first-order valence-corrected chi connectivity index (χ1v) is 7.02. The van der Waals surface area contributed by atoms with Gasteiger partial charge in [-0.3, -0.25) is 0 Å². The number of rotatable bonds is 9. The molecule has 0 aliphatic rings. The summed E-state index contributed by atoms with van der Waals surface area (Å²) in [5, 5.41) is 12.0. The number of nitriles is 1. The summed E-state index contributed by atoms with van der Waals surface area (Å²) < 4.78 is 0. The van der Waals surface area contributed by atoms with Crippen LogP contribution in [0, 0.1) is 11.3 Å². The van der Waals surface area contributed by atoms with Gasteiger partial charge >= 0.3 is 0 Å². The minimum atomic E-state index is -0.329. The normalized spacial score (nSPS) is 14.5. The molecule has 0 saturated heterocycles. The molecule has 3 heteroatoms. The standard InChI is InChI=1S/C12H24N2S/c1-4-5-6-9-15-10-7-8-12(2,11-13)14-3/h14H,4-10H2,1-3H3. The second-order valence-corrected chi connectivity index (χ2v) is 5.34. The molecule has 0 amide bonds. The van der Waals surface area contributed by atoms with Gasteiger partial charge < -0.3 is 5.32 Å². The van der Waals surface area contributed by atoms with Crippen LogP contribution in [0.1, 0.15) is 46.0 Å². The highest BCUT2D eigenvalue weighted by atomic mass is 32.2. The molecule has 2 nitrogen and oxygen atoms in total. The van der Waals surface area contributed by atoms with Crippen LogP contribution in [0.3, 0.4) is 0 Å². The summed E-state index contributed by atoms with van der Waals surface area (Å²) in [6, 6.07) is 2.32. The number of hydrogen-bond acceptors (Lipinski definition) is 3. The molecule has 0 spiro atoms. The van der Waals surface area contributed by atoms with Crippen LogP contribution in [0.5, 0.6) is 0 Å². The van der Waals surface area contributed by atoms with Crippen molar-refractivity contribution in [2.45, 2.75) is 51.5 Å². The quantitative estimate of drug-likeness (QED) is 0.616. The van der Waals surface area contributed by atoms with E-state index in [0.29, 0.717) is 0 Å². The number of nitrogens with one attached hydrogen (secondary N) is 1. The fraction of sp³-hybridized carbons (Fsp3) is 0.917. The van der Waals surface area contributed by atoms with Crippen molar-refractivity contribution in [1.29, 1.82) is 5.26 Å². The number of thioether (sulfide) groups is 1. The Morgan fingerprint density at radius 2 is 1.93 bits per heavy atom. The van der Waals surface area contributed by atoms with Crippen LogP contribution in [-0.2, 0) is 0 Å². The highest BCUT2D eigenvalue weighted by molar-refractivity contribution is 7.99. The predicted molar refractivity (Wildman–Crippen MR) is 69.2 cm³/mol. The van der Waals surface area contributed by atoms with Gasteiger partial charge in [-0.05, 0) is 44.7 Å². The molecule has 1 N–H and O–H groups in total. The van der Waals surface area contributed by atoms with Gasteiger partial charge in [0, 0.05) is 0 Å². The van der Waals surface area contributed by atoms with Crippen LogP contribution in [0.2, 0.25) is 0 Å². The molecule has 0 aliphatic heterocycles.